The maximum absolute atomic E-state index is 12.2. The maximum atomic E-state index is 12.2. The number of rotatable bonds is 4. The Labute approximate surface area is 117 Å². The molecule has 0 aromatic carbocycles. The number of aryl methyl sites for hydroxylation is 1. The third-order valence-corrected chi connectivity index (χ3v) is 3.64. The molecule has 1 amide bonds. The van der Waals surface area contributed by atoms with Crippen LogP contribution in [0.5, 0.6) is 0 Å². The molecule has 0 saturated carbocycles. The summed E-state index contributed by atoms with van der Waals surface area (Å²) in [5.41, 5.74) is 1.92. The number of carbonyl (C=O) groups is 1. The minimum Gasteiger partial charge on any atom is -0.411 e. The number of aromatic nitrogens is 1. The molecule has 6 heteroatoms. The van der Waals surface area contributed by atoms with E-state index in [1.54, 1.807) is 11.9 Å². The van der Waals surface area contributed by atoms with Crippen molar-refractivity contribution in [3.63, 3.8) is 0 Å². The summed E-state index contributed by atoms with van der Waals surface area (Å²) in [6.07, 6.45) is 6.19. The van der Waals surface area contributed by atoms with Crippen molar-refractivity contribution in [2.45, 2.75) is 25.8 Å². The fourth-order valence-electron chi connectivity index (χ4n) is 2.25. The molecule has 0 radical (unpaired) electrons. The quantitative estimate of drug-likeness (QED) is 0.398. The highest BCUT2D eigenvalue weighted by molar-refractivity contribution is 6.17. The molecule has 5 nitrogen and oxygen atoms in total. The van der Waals surface area contributed by atoms with Crippen molar-refractivity contribution < 1.29 is 10.0 Å². The van der Waals surface area contributed by atoms with Gasteiger partial charge in [-0.25, -0.2) is 0 Å². The van der Waals surface area contributed by atoms with Gasteiger partial charge in [0.1, 0.15) is 0 Å². The smallest absolute Gasteiger partial charge is 0.255 e. The second-order valence-corrected chi connectivity index (χ2v) is 5.12. The number of oxime groups is 1. The number of halogens is 1. The fraction of sp³-hybridized carbons (Fsp3) is 0.538. The van der Waals surface area contributed by atoms with Gasteiger partial charge in [0.2, 0.25) is 0 Å². The first-order valence-corrected chi connectivity index (χ1v) is 6.93. The molecule has 1 aliphatic heterocycles. The lowest BCUT2D eigenvalue weighted by molar-refractivity contribution is 0.0801. The van der Waals surface area contributed by atoms with Crippen molar-refractivity contribution in [2.75, 3.05) is 19.5 Å². The average molecular weight is 284 g/mol. The zero-order chi connectivity index (χ0) is 13.8. The molecule has 2 heterocycles. The SMILES string of the molecule is CN1CCC(=NO)c2cn(CCCCCl)cc2C1=O. The van der Waals surface area contributed by atoms with E-state index in [0.29, 0.717) is 30.1 Å². The number of nitrogens with zero attached hydrogens (tertiary/aromatic N) is 3. The van der Waals surface area contributed by atoms with Gasteiger partial charge < -0.3 is 14.7 Å². The Bertz CT molecular complexity index is 496. The highest BCUT2D eigenvalue weighted by Gasteiger charge is 2.25. The molecule has 0 unspecified atom stereocenters. The number of hydrogen-bond acceptors (Lipinski definition) is 3. The predicted octanol–water partition coefficient (Wildman–Crippen LogP) is 2.16. The molecular weight excluding hydrogens is 266 g/mol. The number of unbranched alkanes of at least 4 members (excludes halogenated alkanes) is 1. The topological polar surface area (TPSA) is 57.8 Å². The minimum absolute atomic E-state index is 0.0234. The van der Waals surface area contributed by atoms with Crippen LogP contribution in [0.25, 0.3) is 0 Å². The van der Waals surface area contributed by atoms with Crippen molar-refractivity contribution in [1.29, 1.82) is 0 Å². The van der Waals surface area contributed by atoms with Crippen LogP contribution in [0.2, 0.25) is 0 Å². The molecule has 1 N–H and O–H groups in total. The van der Waals surface area contributed by atoms with Crippen LogP contribution in [0.1, 0.15) is 35.2 Å². The normalized spacial score (nSPS) is 17.7. The van der Waals surface area contributed by atoms with Crippen molar-refractivity contribution in [1.82, 2.24) is 9.47 Å². The van der Waals surface area contributed by atoms with Gasteiger partial charge in [0, 0.05) is 50.4 Å². The first kappa shape index (κ1) is 13.9. The number of fused-ring (bicyclic) bond motifs is 1. The maximum Gasteiger partial charge on any atom is 0.255 e. The van der Waals surface area contributed by atoms with Crippen LogP contribution in [0.15, 0.2) is 17.5 Å². The van der Waals surface area contributed by atoms with Crippen LogP contribution in [0.3, 0.4) is 0 Å². The van der Waals surface area contributed by atoms with E-state index in [9.17, 15) is 4.79 Å². The summed E-state index contributed by atoms with van der Waals surface area (Å²) >= 11 is 5.66. The monoisotopic (exact) mass is 283 g/mol. The van der Waals surface area contributed by atoms with Crippen LogP contribution in [0.4, 0.5) is 0 Å². The molecule has 1 aromatic rings. The van der Waals surface area contributed by atoms with Gasteiger partial charge in [-0.2, -0.15) is 0 Å². The molecule has 0 bridgehead atoms. The van der Waals surface area contributed by atoms with Crippen LogP contribution in [-0.4, -0.2) is 45.8 Å². The van der Waals surface area contributed by atoms with Crippen molar-refractivity contribution in [3.8, 4) is 0 Å². The lowest BCUT2D eigenvalue weighted by Crippen LogP contribution is -2.26. The van der Waals surface area contributed by atoms with Gasteiger partial charge in [-0.3, -0.25) is 4.79 Å². The highest BCUT2D eigenvalue weighted by atomic mass is 35.5. The summed E-state index contributed by atoms with van der Waals surface area (Å²) in [4.78, 5) is 13.8. The summed E-state index contributed by atoms with van der Waals surface area (Å²) in [5, 5.41) is 12.4. The summed E-state index contributed by atoms with van der Waals surface area (Å²) in [7, 11) is 1.76. The number of alkyl halides is 1. The van der Waals surface area contributed by atoms with Gasteiger partial charge in [0.05, 0.1) is 11.3 Å². The Kier molecular flexibility index (Phi) is 4.47. The fourth-order valence-corrected chi connectivity index (χ4v) is 2.43. The van der Waals surface area contributed by atoms with Crippen LogP contribution in [-0.2, 0) is 6.54 Å². The number of amides is 1. The van der Waals surface area contributed by atoms with Crippen LogP contribution in [0, 0.1) is 0 Å². The van der Waals surface area contributed by atoms with Crippen molar-refractivity contribution in [3.05, 3.63) is 23.5 Å². The minimum atomic E-state index is -0.0234. The molecule has 0 atom stereocenters. The van der Waals surface area contributed by atoms with Gasteiger partial charge >= 0.3 is 0 Å². The van der Waals surface area contributed by atoms with Gasteiger partial charge in [-0.15, -0.1) is 11.6 Å². The Morgan fingerprint density at radius 1 is 1.37 bits per heavy atom. The molecule has 0 aliphatic carbocycles. The zero-order valence-corrected chi connectivity index (χ0v) is 11.7. The van der Waals surface area contributed by atoms with E-state index in [-0.39, 0.29) is 5.91 Å². The van der Waals surface area contributed by atoms with Crippen molar-refractivity contribution >= 4 is 23.2 Å². The zero-order valence-electron chi connectivity index (χ0n) is 11.0. The molecular formula is C13H18ClN3O2. The Hall–Kier alpha value is -1.49. The molecule has 2 rings (SSSR count). The van der Waals surface area contributed by atoms with E-state index in [1.807, 2.05) is 17.0 Å². The molecule has 1 aliphatic rings. The Balaban J connectivity index is 2.28. The van der Waals surface area contributed by atoms with E-state index in [4.69, 9.17) is 16.8 Å². The second kappa shape index (κ2) is 6.10. The third kappa shape index (κ3) is 2.92. The average Bonchev–Trinajstić information content (AvgIpc) is 2.78. The summed E-state index contributed by atoms with van der Waals surface area (Å²) in [6, 6.07) is 0. The predicted molar refractivity (Wildman–Crippen MR) is 74.3 cm³/mol. The molecule has 19 heavy (non-hydrogen) atoms. The highest BCUT2D eigenvalue weighted by Crippen LogP contribution is 2.20. The molecule has 1 aromatic heterocycles. The van der Waals surface area contributed by atoms with E-state index in [0.717, 1.165) is 24.9 Å². The summed E-state index contributed by atoms with van der Waals surface area (Å²) in [6.45, 7) is 1.38. The molecule has 0 saturated heterocycles. The van der Waals surface area contributed by atoms with Gasteiger partial charge in [0.25, 0.3) is 5.91 Å². The Morgan fingerprint density at radius 2 is 2.11 bits per heavy atom. The lowest BCUT2D eigenvalue weighted by atomic mass is 10.1. The van der Waals surface area contributed by atoms with E-state index in [2.05, 4.69) is 5.16 Å². The number of carbonyl (C=O) groups excluding carboxylic acids is 1. The number of hydrogen-bond donors (Lipinski definition) is 1. The lowest BCUT2D eigenvalue weighted by Gasteiger charge is -2.12. The van der Waals surface area contributed by atoms with Gasteiger partial charge in [-0.05, 0) is 12.8 Å². The van der Waals surface area contributed by atoms with E-state index >= 15 is 0 Å². The third-order valence-electron chi connectivity index (χ3n) is 3.37. The molecule has 104 valence electrons. The molecule has 0 spiro atoms. The first-order chi connectivity index (χ1) is 9.17. The first-order valence-electron chi connectivity index (χ1n) is 6.40. The van der Waals surface area contributed by atoms with Crippen LogP contribution < -0.4 is 0 Å². The largest absolute Gasteiger partial charge is 0.411 e. The second-order valence-electron chi connectivity index (χ2n) is 4.74. The van der Waals surface area contributed by atoms with Crippen molar-refractivity contribution in [2.24, 2.45) is 5.16 Å². The molecule has 0 fully saturated rings. The van der Waals surface area contributed by atoms with E-state index < -0.39 is 0 Å². The Morgan fingerprint density at radius 3 is 2.79 bits per heavy atom. The van der Waals surface area contributed by atoms with Crippen LogP contribution >= 0.6 is 11.6 Å². The van der Waals surface area contributed by atoms with E-state index in [1.165, 1.54) is 0 Å². The van der Waals surface area contributed by atoms with Gasteiger partial charge in [0.15, 0.2) is 0 Å². The standard InChI is InChI=1S/C13H18ClN3O2/c1-16-7-4-12(15-19)10-8-17(6-3-2-5-14)9-11(10)13(16)18/h8-9,19H,2-7H2,1H3. The summed E-state index contributed by atoms with van der Waals surface area (Å²) in [5.74, 6) is 0.621. The summed E-state index contributed by atoms with van der Waals surface area (Å²) < 4.78 is 1.97. The van der Waals surface area contributed by atoms with Gasteiger partial charge in [-0.1, -0.05) is 5.16 Å².